The van der Waals surface area contributed by atoms with E-state index in [2.05, 4.69) is 33.9 Å². The number of amides is 3. The van der Waals surface area contributed by atoms with Crippen LogP contribution in [0.2, 0.25) is 0 Å². The van der Waals surface area contributed by atoms with Crippen LogP contribution >= 0.6 is 0 Å². The standard InChI is InChI=1S/C29H34N6O2/c1-21(2)26-30-22(3)18-25(31-26)34-16-14-33(15-17-34)20-35-27(36)29(32-28(35)37,24-12-8-5-9-13-24)19-23-10-6-4-7-11-23/h4-13,18,21H,14-17,19-20H2,1-3H3,(H,32,37)/t29-/m0/s1. The van der Waals surface area contributed by atoms with Gasteiger partial charge in [0.25, 0.3) is 5.91 Å². The molecule has 3 aromatic rings. The van der Waals surface area contributed by atoms with E-state index in [-0.39, 0.29) is 24.5 Å². The van der Waals surface area contributed by atoms with Crippen molar-refractivity contribution in [1.82, 2.24) is 25.1 Å². The van der Waals surface area contributed by atoms with E-state index in [0.29, 0.717) is 6.42 Å². The van der Waals surface area contributed by atoms with Crippen LogP contribution in [0.4, 0.5) is 10.6 Å². The minimum absolute atomic E-state index is 0.206. The van der Waals surface area contributed by atoms with Crippen molar-refractivity contribution >= 4 is 17.8 Å². The van der Waals surface area contributed by atoms with E-state index >= 15 is 0 Å². The second kappa shape index (κ2) is 10.3. The number of benzene rings is 2. The number of aromatic nitrogens is 2. The number of carbonyl (C=O) groups is 2. The molecule has 3 amide bonds. The molecule has 0 bridgehead atoms. The van der Waals surface area contributed by atoms with Gasteiger partial charge in [-0.2, -0.15) is 0 Å². The first kappa shape index (κ1) is 24.9. The van der Waals surface area contributed by atoms with Crippen LogP contribution in [-0.4, -0.2) is 64.6 Å². The zero-order valence-electron chi connectivity index (χ0n) is 21.7. The molecular formula is C29H34N6O2. The molecule has 0 aliphatic carbocycles. The molecule has 2 aromatic carbocycles. The molecule has 0 spiro atoms. The van der Waals surface area contributed by atoms with Crippen LogP contribution in [-0.2, 0) is 16.8 Å². The van der Waals surface area contributed by atoms with Crippen molar-refractivity contribution in [3.8, 4) is 0 Å². The number of hydrogen-bond donors (Lipinski definition) is 1. The predicted molar refractivity (Wildman–Crippen MR) is 143 cm³/mol. The van der Waals surface area contributed by atoms with Gasteiger partial charge in [-0.1, -0.05) is 74.5 Å². The first-order valence-electron chi connectivity index (χ1n) is 12.9. The molecule has 0 saturated carbocycles. The van der Waals surface area contributed by atoms with Crippen LogP contribution in [0, 0.1) is 6.92 Å². The Morgan fingerprint density at radius 1 is 0.919 bits per heavy atom. The number of imide groups is 1. The predicted octanol–water partition coefficient (Wildman–Crippen LogP) is 3.68. The second-order valence-corrected chi connectivity index (χ2v) is 10.2. The van der Waals surface area contributed by atoms with Crippen LogP contribution in [0.5, 0.6) is 0 Å². The number of nitrogens with zero attached hydrogens (tertiary/aromatic N) is 5. The summed E-state index contributed by atoms with van der Waals surface area (Å²) in [7, 11) is 0. The third-order valence-corrected chi connectivity index (χ3v) is 7.17. The monoisotopic (exact) mass is 498 g/mol. The highest BCUT2D eigenvalue weighted by Gasteiger charge is 2.52. The molecule has 5 rings (SSSR count). The SMILES string of the molecule is Cc1cc(N2CCN(CN3C(=O)N[C@@](Cc4ccccc4)(c4ccccc4)C3=O)CC2)nc(C(C)C)n1. The number of anilines is 1. The topological polar surface area (TPSA) is 81.7 Å². The molecule has 192 valence electrons. The lowest BCUT2D eigenvalue weighted by Crippen LogP contribution is -2.52. The molecule has 1 atom stereocenters. The average molecular weight is 499 g/mol. The Bertz CT molecular complexity index is 1260. The van der Waals surface area contributed by atoms with Gasteiger partial charge in [0.05, 0.1) is 6.67 Å². The van der Waals surface area contributed by atoms with Crippen LogP contribution in [0.15, 0.2) is 66.7 Å². The smallest absolute Gasteiger partial charge is 0.326 e. The highest BCUT2D eigenvalue weighted by Crippen LogP contribution is 2.33. The highest BCUT2D eigenvalue weighted by molar-refractivity contribution is 6.07. The summed E-state index contributed by atoms with van der Waals surface area (Å²) in [5, 5.41) is 3.06. The summed E-state index contributed by atoms with van der Waals surface area (Å²) in [6.07, 6.45) is 0.401. The van der Waals surface area contributed by atoms with Gasteiger partial charge in [0.15, 0.2) is 5.54 Å². The first-order valence-corrected chi connectivity index (χ1v) is 12.9. The van der Waals surface area contributed by atoms with Gasteiger partial charge >= 0.3 is 6.03 Å². The number of rotatable bonds is 7. The van der Waals surface area contributed by atoms with Crippen molar-refractivity contribution in [2.45, 2.75) is 38.6 Å². The molecule has 0 unspecified atom stereocenters. The van der Waals surface area contributed by atoms with Crippen molar-refractivity contribution in [1.29, 1.82) is 0 Å². The summed E-state index contributed by atoms with van der Waals surface area (Å²) in [5.74, 6) is 1.85. The summed E-state index contributed by atoms with van der Waals surface area (Å²) >= 11 is 0. The van der Waals surface area contributed by atoms with Gasteiger partial charge in [0, 0.05) is 50.3 Å². The maximum Gasteiger partial charge on any atom is 0.326 e. The van der Waals surface area contributed by atoms with Gasteiger partial charge in [-0.05, 0) is 18.1 Å². The van der Waals surface area contributed by atoms with E-state index in [4.69, 9.17) is 4.98 Å². The van der Waals surface area contributed by atoms with Crippen molar-refractivity contribution < 1.29 is 9.59 Å². The lowest BCUT2D eigenvalue weighted by molar-refractivity contribution is -0.133. The first-order chi connectivity index (χ1) is 17.9. The molecule has 0 radical (unpaired) electrons. The summed E-state index contributed by atoms with van der Waals surface area (Å²) in [6, 6.07) is 21.1. The van der Waals surface area contributed by atoms with Crippen LogP contribution in [0.3, 0.4) is 0 Å². The van der Waals surface area contributed by atoms with E-state index in [9.17, 15) is 9.59 Å². The van der Waals surface area contributed by atoms with Gasteiger partial charge in [0.2, 0.25) is 0 Å². The summed E-state index contributed by atoms with van der Waals surface area (Å²) in [5.41, 5.74) is 1.64. The molecular weight excluding hydrogens is 464 g/mol. The zero-order chi connectivity index (χ0) is 26.0. The quantitative estimate of drug-likeness (QED) is 0.501. The van der Waals surface area contributed by atoms with Crippen LogP contribution in [0.1, 0.15) is 42.4 Å². The fourth-order valence-electron chi connectivity index (χ4n) is 5.11. The maximum absolute atomic E-state index is 13.9. The Hall–Kier alpha value is -3.78. The largest absolute Gasteiger partial charge is 0.354 e. The van der Waals surface area contributed by atoms with Crippen molar-refractivity contribution in [3.63, 3.8) is 0 Å². The fourth-order valence-corrected chi connectivity index (χ4v) is 5.11. The number of nitrogens with one attached hydrogen (secondary N) is 1. The van der Waals surface area contributed by atoms with E-state index in [1.807, 2.05) is 73.7 Å². The Morgan fingerprint density at radius 2 is 1.57 bits per heavy atom. The second-order valence-electron chi connectivity index (χ2n) is 10.2. The lowest BCUT2D eigenvalue weighted by Gasteiger charge is -2.37. The van der Waals surface area contributed by atoms with Gasteiger partial charge in [-0.3, -0.25) is 9.69 Å². The van der Waals surface area contributed by atoms with Gasteiger partial charge < -0.3 is 10.2 Å². The van der Waals surface area contributed by atoms with Crippen molar-refractivity contribution in [3.05, 3.63) is 89.4 Å². The molecule has 2 aliphatic rings. The van der Waals surface area contributed by atoms with E-state index < -0.39 is 5.54 Å². The normalized spacial score (nSPS) is 20.5. The maximum atomic E-state index is 13.9. The molecule has 8 heteroatoms. The van der Waals surface area contributed by atoms with E-state index in [0.717, 1.165) is 54.6 Å². The fraction of sp³-hybridized carbons (Fsp3) is 0.379. The van der Waals surface area contributed by atoms with Gasteiger partial charge in [0.1, 0.15) is 11.6 Å². The summed E-state index contributed by atoms with van der Waals surface area (Å²) in [6.45, 7) is 9.46. The van der Waals surface area contributed by atoms with Gasteiger partial charge in [-0.25, -0.2) is 19.7 Å². The number of aryl methyl sites for hydroxylation is 1. The number of piperazine rings is 1. The highest BCUT2D eigenvalue weighted by atomic mass is 16.2. The Balaban J connectivity index is 1.31. The minimum atomic E-state index is -1.12. The van der Waals surface area contributed by atoms with Crippen molar-refractivity contribution in [2.24, 2.45) is 0 Å². The zero-order valence-corrected chi connectivity index (χ0v) is 21.7. The third kappa shape index (κ3) is 5.06. The molecule has 8 nitrogen and oxygen atoms in total. The molecule has 2 aliphatic heterocycles. The molecule has 2 saturated heterocycles. The van der Waals surface area contributed by atoms with E-state index in [1.165, 1.54) is 4.90 Å². The molecule has 37 heavy (non-hydrogen) atoms. The molecule has 3 heterocycles. The Morgan fingerprint density at radius 3 is 2.22 bits per heavy atom. The molecule has 1 N–H and O–H groups in total. The van der Waals surface area contributed by atoms with Crippen molar-refractivity contribution in [2.75, 3.05) is 37.7 Å². The molecule has 1 aromatic heterocycles. The van der Waals surface area contributed by atoms with Gasteiger partial charge in [-0.15, -0.1) is 0 Å². The third-order valence-electron chi connectivity index (χ3n) is 7.17. The lowest BCUT2D eigenvalue weighted by atomic mass is 9.83. The average Bonchev–Trinajstić information content (AvgIpc) is 3.14. The van der Waals surface area contributed by atoms with Crippen LogP contribution < -0.4 is 10.2 Å². The Labute approximate surface area is 218 Å². The molecule has 2 fully saturated rings. The van der Waals surface area contributed by atoms with E-state index in [1.54, 1.807) is 0 Å². The summed E-state index contributed by atoms with van der Waals surface area (Å²) in [4.78, 5) is 42.3. The number of urea groups is 1. The number of hydrogen-bond acceptors (Lipinski definition) is 6. The Kier molecular flexibility index (Phi) is 6.93. The number of carbonyl (C=O) groups excluding carboxylic acids is 2. The van der Waals surface area contributed by atoms with Crippen LogP contribution in [0.25, 0.3) is 0 Å². The minimum Gasteiger partial charge on any atom is -0.354 e. The summed E-state index contributed by atoms with van der Waals surface area (Å²) < 4.78 is 0.